The minimum Gasteiger partial charge on any atom is -0.545 e. The van der Waals surface area contributed by atoms with E-state index in [1.807, 2.05) is 0 Å². The van der Waals surface area contributed by atoms with Crippen LogP contribution in [0, 0.1) is 0 Å². The molecule has 5 nitrogen and oxygen atoms in total. The van der Waals surface area contributed by atoms with Crippen molar-refractivity contribution in [3.8, 4) is 0 Å². The molecule has 1 rings (SSSR count). The van der Waals surface area contributed by atoms with E-state index in [0.717, 1.165) is 24.3 Å². The van der Waals surface area contributed by atoms with Gasteiger partial charge in [0.15, 0.2) is 0 Å². The topological polar surface area (TPSA) is 112 Å². The Morgan fingerprint density at radius 3 is 1.21 bits per heavy atom. The van der Waals surface area contributed by atoms with E-state index in [4.69, 9.17) is 0 Å². The van der Waals surface area contributed by atoms with Gasteiger partial charge in [-0.2, -0.15) is 0 Å². The van der Waals surface area contributed by atoms with Crippen LogP contribution >= 0.6 is 0 Å². The summed E-state index contributed by atoms with van der Waals surface area (Å²) in [4.78, 5) is 20.4. The Balaban J connectivity index is 0. The summed E-state index contributed by atoms with van der Waals surface area (Å²) in [5.74, 6) is -2.67. The number of hydrogen-bond acceptors (Lipinski definition) is 4. The van der Waals surface area contributed by atoms with Gasteiger partial charge in [0.1, 0.15) is 0 Å². The molecule has 1 aromatic rings. The number of carbonyl (C=O) groups excluding carboxylic acids is 2. The third-order valence-corrected chi connectivity index (χ3v) is 1.36. The number of benzene rings is 1. The summed E-state index contributed by atoms with van der Waals surface area (Å²) in [6.45, 7) is 0. The molecule has 3 radical (unpaired) electrons. The fraction of sp³-hybridized carbons (Fsp3) is 0. The monoisotopic (exact) mass is 297 g/mol. The molecular formula is C8H6InO5-2. The number of rotatable bonds is 2. The molecule has 2 N–H and O–H groups in total. The van der Waals surface area contributed by atoms with Crippen molar-refractivity contribution in [2.75, 3.05) is 0 Å². The zero-order chi connectivity index (χ0) is 9.14. The van der Waals surface area contributed by atoms with Gasteiger partial charge in [-0.3, -0.25) is 0 Å². The molecule has 0 aliphatic carbocycles. The normalized spacial score (nSPS) is 8.00. The molecule has 0 bridgehead atoms. The summed E-state index contributed by atoms with van der Waals surface area (Å²) in [7, 11) is 0. The zero-order valence-corrected chi connectivity index (χ0v) is 10.3. The fourth-order valence-corrected chi connectivity index (χ4v) is 0.742. The molecule has 0 unspecified atom stereocenters. The van der Waals surface area contributed by atoms with Gasteiger partial charge in [0.2, 0.25) is 0 Å². The smallest absolute Gasteiger partial charge is 0.0715 e. The Kier molecular flexibility index (Phi) is 7.12. The third kappa shape index (κ3) is 3.80. The van der Waals surface area contributed by atoms with E-state index in [-0.39, 0.29) is 42.4 Å². The molecule has 73 valence electrons. The standard InChI is InChI=1S/C8H6O4.In.H2O/c9-7(10)5-1-2-6(4-3-5)8(11)12;;/h1-4H,(H,9,10)(H,11,12);;1H2/p-2. The van der Waals surface area contributed by atoms with Gasteiger partial charge in [0, 0.05) is 25.8 Å². The summed E-state index contributed by atoms with van der Waals surface area (Å²) >= 11 is 0. The van der Waals surface area contributed by atoms with Crippen LogP contribution in [-0.4, -0.2) is 43.3 Å². The van der Waals surface area contributed by atoms with Crippen LogP contribution in [-0.2, 0) is 0 Å². The first-order chi connectivity index (χ1) is 5.61. The van der Waals surface area contributed by atoms with Gasteiger partial charge >= 0.3 is 0 Å². The molecular weight excluding hydrogens is 291 g/mol. The number of carboxylic acid groups (broad SMARTS) is 2. The van der Waals surface area contributed by atoms with Crippen molar-refractivity contribution in [1.82, 2.24) is 0 Å². The Labute approximate surface area is 98.5 Å². The molecule has 14 heavy (non-hydrogen) atoms. The first-order valence-electron chi connectivity index (χ1n) is 3.14. The maximum Gasteiger partial charge on any atom is 0.0715 e. The fourth-order valence-electron chi connectivity index (χ4n) is 0.742. The van der Waals surface area contributed by atoms with E-state index >= 15 is 0 Å². The van der Waals surface area contributed by atoms with Gasteiger partial charge in [-0.1, -0.05) is 24.3 Å². The van der Waals surface area contributed by atoms with Crippen LogP contribution in [0.5, 0.6) is 0 Å². The number of aromatic carboxylic acids is 2. The molecule has 1 aromatic carbocycles. The quantitative estimate of drug-likeness (QED) is 0.587. The molecule has 0 amide bonds. The van der Waals surface area contributed by atoms with Crippen molar-refractivity contribution in [3.63, 3.8) is 0 Å². The molecule has 0 heterocycles. The van der Waals surface area contributed by atoms with Crippen molar-refractivity contribution < 1.29 is 25.3 Å². The molecule has 0 spiro atoms. The second-order valence-corrected chi connectivity index (χ2v) is 2.15. The summed E-state index contributed by atoms with van der Waals surface area (Å²) in [5, 5.41) is 20.4. The van der Waals surface area contributed by atoms with Crippen molar-refractivity contribution in [2.45, 2.75) is 0 Å². The van der Waals surface area contributed by atoms with E-state index in [9.17, 15) is 19.8 Å². The molecule has 0 saturated carbocycles. The first-order valence-corrected chi connectivity index (χ1v) is 3.14. The van der Waals surface area contributed by atoms with Gasteiger partial charge in [0.05, 0.1) is 11.9 Å². The number of carboxylic acids is 2. The van der Waals surface area contributed by atoms with Crippen LogP contribution in [0.4, 0.5) is 0 Å². The Morgan fingerprint density at radius 1 is 0.857 bits per heavy atom. The van der Waals surface area contributed by atoms with E-state index in [0.29, 0.717) is 0 Å². The van der Waals surface area contributed by atoms with Crippen molar-refractivity contribution >= 4 is 37.8 Å². The molecule has 0 saturated heterocycles. The van der Waals surface area contributed by atoms with E-state index < -0.39 is 11.9 Å². The van der Waals surface area contributed by atoms with E-state index in [1.54, 1.807) is 0 Å². The largest absolute Gasteiger partial charge is 0.545 e. The van der Waals surface area contributed by atoms with Gasteiger partial charge in [-0.15, -0.1) is 0 Å². The SMILES string of the molecule is O.O=C([O-])c1ccc(C(=O)[O-])cc1.[In]. The maximum atomic E-state index is 10.2. The minimum absolute atomic E-state index is 0. The van der Waals surface area contributed by atoms with Crippen LogP contribution in [0.2, 0.25) is 0 Å². The van der Waals surface area contributed by atoms with Crippen LogP contribution in [0.15, 0.2) is 24.3 Å². The first kappa shape index (κ1) is 15.5. The zero-order valence-electron chi connectivity index (χ0n) is 7.02. The van der Waals surface area contributed by atoms with E-state index in [2.05, 4.69) is 0 Å². The van der Waals surface area contributed by atoms with Gasteiger partial charge in [-0.25, -0.2) is 0 Å². The Hall–Kier alpha value is -1.01. The van der Waals surface area contributed by atoms with Crippen LogP contribution < -0.4 is 10.2 Å². The molecule has 0 aromatic heterocycles. The number of carbonyl (C=O) groups is 2. The average Bonchev–Trinajstić information content (AvgIpc) is 2.04. The summed E-state index contributed by atoms with van der Waals surface area (Å²) in [6.07, 6.45) is 0. The second-order valence-electron chi connectivity index (χ2n) is 2.15. The van der Waals surface area contributed by atoms with Crippen molar-refractivity contribution in [2.24, 2.45) is 0 Å². The molecule has 0 atom stereocenters. The van der Waals surface area contributed by atoms with Crippen molar-refractivity contribution in [3.05, 3.63) is 35.4 Å². The third-order valence-electron chi connectivity index (χ3n) is 1.36. The van der Waals surface area contributed by atoms with Gasteiger partial charge < -0.3 is 25.3 Å². The maximum absolute atomic E-state index is 10.2. The van der Waals surface area contributed by atoms with E-state index in [1.165, 1.54) is 0 Å². The second kappa shape index (κ2) is 6.44. The van der Waals surface area contributed by atoms with Crippen LogP contribution in [0.25, 0.3) is 0 Å². The Bertz CT molecular complexity index is 286. The summed E-state index contributed by atoms with van der Waals surface area (Å²) < 4.78 is 0. The predicted octanol–water partition coefficient (Wildman–Crippen LogP) is -2.79. The van der Waals surface area contributed by atoms with Gasteiger partial charge in [0.25, 0.3) is 0 Å². The van der Waals surface area contributed by atoms with Gasteiger partial charge in [-0.05, 0) is 11.1 Å². The summed E-state index contributed by atoms with van der Waals surface area (Å²) in [6, 6.07) is 4.61. The molecule has 0 fully saturated rings. The Morgan fingerprint density at radius 2 is 1.07 bits per heavy atom. The van der Waals surface area contributed by atoms with Crippen LogP contribution in [0.1, 0.15) is 20.7 Å². The minimum atomic E-state index is -1.33. The summed E-state index contributed by atoms with van der Waals surface area (Å²) in [5.41, 5.74) is -0.111. The molecule has 0 aliphatic rings. The predicted molar refractivity (Wildman–Crippen MR) is 44.5 cm³/mol. The number of hydrogen-bond donors (Lipinski definition) is 0. The van der Waals surface area contributed by atoms with Crippen LogP contribution in [0.3, 0.4) is 0 Å². The molecule has 6 heteroatoms. The molecule has 0 aliphatic heterocycles. The van der Waals surface area contributed by atoms with Crippen molar-refractivity contribution in [1.29, 1.82) is 0 Å². The average molecular weight is 297 g/mol.